The van der Waals surface area contributed by atoms with Crippen LogP contribution >= 0.6 is 0 Å². The first-order valence-electron chi connectivity index (χ1n) is 8.97. The maximum absolute atomic E-state index is 12.0. The number of fused-ring (bicyclic) bond motifs is 1. The molecule has 0 saturated carbocycles. The monoisotopic (exact) mass is 402 g/mol. The molecule has 0 saturated heterocycles. The van der Waals surface area contributed by atoms with Gasteiger partial charge < -0.3 is 10.1 Å². The number of aromatic nitrogens is 1. The Morgan fingerprint density at radius 2 is 2.00 bits per heavy atom. The summed E-state index contributed by atoms with van der Waals surface area (Å²) in [5, 5.41) is 2.79. The molecule has 1 aliphatic rings. The van der Waals surface area contributed by atoms with Crippen molar-refractivity contribution < 1.29 is 17.9 Å². The second kappa shape index (κ2) is 8.83. The van der Waals surface area contributed by atoms with Gasteiger partial charge in [-0.05, 0) is 37.1 Å². The molecule has 2 N–H and O–H groups in total. The van der Waals surface area contributed by atoms with E-state index in [0.29, 0.717) is 42.4 Å². The van der Waals surface area contributed by atoms with E-state index in [-0.39, 0.29) is 10.8 Å². The number of amidine groups is 1. The van der Waals surface area contributed by atoms with Crippen LogP contribution in [0.25, 0.3) is 0 Å². The molecular weight excluding hydrogens is 380 g/mol. The molecule has 0 spiro atoms. The van der Waals surface area contributed by atoms with Crippen molar-refractivity contribution in [2.24, 2.45) is 4.99 Å². The normalized spacial score (nSPS) is 15.7. The highest BCUT2D eigenvalue weighted by molar-refractivity contribution is 7.90. The first-order chi connectivity index (χ1) is 13.5. The molecule has 3 rings (SSSR count). The van der Waals surface area contributed by atoms with Crippen LogP contribution in [0.4, 0.5) is 5.69 Å². The van der Waals surface area contributed by atoms with E-state index in [1.54, 1.807) is 42.6 Å². The number of amides is 1. The number of nitrogens with one attached hydrogen (secondary N) is 2. The largest absolute Gasteiger partial charge is 0.480 e. The number of anilines is 1. The molecule has 2 heterocycles. The zero-order valence-corrected chi connectivity index (χ0v) is 16.3. The zero-order valence-electron chi connectivity index (χ0n) is 15.5. The number of methoxy groups -OCH3 is 1. The first-order valence-corrected chi connectivity index (χ1v) is 10.4. The highest BCUT2D eigenvalue weighted by Crippen LogP contribution is 2.22. The van der Waals surface area contributed by atoms with Crippen LogP contribution in [0.2, 0.25) is 0 Å². The van der Waals surface area contributed by atoms with Crippen LogP contribution in [-0.4, -0.2) is 38.8 Å². The lowest BCUT2D eigenvalue weighted by Crippen LogP contribution is -2.22. The number of nitrogens with zero attached hydrogens (tertiary/aromatic N) is 2. The number of carbonyl (C=O) groups excluding carboxylic acids is 1. The molecule has 28 heavy (non-hydrogen) atoms. The Hall–Kier alpha value is -2.94. The summed E-state index contributed by atoms with van der Waals surface area (Å²) < 4.78 is 31.6. The Morgan fingerprint density at radius 1 is 1.18 bits per heavy atom. The number of pyridine rings is 1. The Morgan fingerprint density at radius 3 is 2.82 bits per heavy atom. The number of benzene rings is 1. The van der Waals surface area contributed by atoms with Gasteiger partial charge in [0, 0.05) is 24.7 Å². The summed E-state index contributed by atoms with van der Waals surface area (Å²) in [6.07, 6.45) is 4.25. The average Bonchev–Trinajstić information content (AvgIpc) is 2.95. The van der Waals surface area contributed by atoms with E-state index < -0.39 is 10.0 Å². The number of aliphatic imine (C=N–C) groups is 1. The molecule has 0 fully saturated rings. The van der Waals surface area contributed by atoms with Crippen molar-refractivity contribution in [1.82, 2.24) is 9.71 Å². The van der Waals surface area contributed by atoms with Crippen LogP contribution < -0.4 is 14.8 Å². The van der Waals surface area contributed by atoms with Crippen molar-refractivity contribution >= 4 is 27.5 Å². The van der Waals surface area contributed by atoms with E-state index in [0.717, 1.165) is 12.8 Å². The van der Waals surface area contributed by atoms with Crippen molar-refractivity contribution in [2.75, 3.05) is 19.0 Å². The lowest BCUT2D eigenvalue weighted by molar-refractivity contribution is -0.116. The number of hydrogen-bond donors (Lipinski definition) is 2. The lowest BCUT2D eigenvalue weighted by atomic mass is 10.2. The Balaban J connectivity index is 1.42. The van der Waals surface area contributed by atoms with Crippen LogP contribution in [-0.2, 0) is 14.8 Å². The van der Waals surface area contributed by atoms with E-state index >= 15 is 0 Å². The third-order valence-electron chi connectivity index (χ3n) is 4.23. The SMILES string of the molecule is COc1ncccc1NC(=O)CCCCCN=C1NS(=O)(=O)c2ccccc21. The number of sulfonamides is 1. The topological polar surface area (TPSA) is 110 Å². The van der Waals surface area contributed by atoms with Crippen molar-refractivity contribution in [1.29, 1.82) is 0 Å². The highest BCUT2D eigenvalue weighted by atomic mass is 32.2. The third kappa shape index (κ3) is 4.66. The van der Waals surface area contributed by atoms with Crippen molar-refractivity contribution in [3.8, 4) is 5.88 Å². The van der Waals surface area contributed by atoms with E-state index in [1.165, 1.54) is 7.11 Å². The van der Waals surface area contributed by atoms with E-state index in [2.05, 4.69) is 20.0 Å². The van der Waals surface area contributed by atoms with Gasteiger partial charge >= 0.3 is 0 Å². The van der Waals surface area contributed by atoms with Gasteiger partial charge in [-0.25, -0.2) is 13.4 Å². The van der Waals surface area contributed by atoms with Crippen molar-refractivity contribution in [2.45, 2.75) is 30.6 Å². The Labute approximate surface area is 164 Å². The van der Waals surface area contributed by atoms with Crippen molar-refractivity contribution in [3.05, 3.63) is 48.2 Å². The Bertz CT molecular complexity index is 989. The fourth-order valence-electron chi connectivity index (χ4n) is 2.88. The van der Waals surface area contributed by atoms with E-state index in [4.69, 9.17) is 4.74 Å². The molecular formula is C19H22N4O4S. The minimum absolute atomic E-state index is 0.102. The predicted molar refractivity (Wildman–Crippen MR) is 106 cm³/mol. The van der Waals surface area contributed by atoms with Crippen LogP contribution in [0.3, 0.4) is 0 Å². The fraction of sp³-hybridized carbons (Fsp3) is 0.316. The minimum Gasteiger partial charge on any atom is -0.480 e. The second-order valence-electron chi connectivity index (χ2n) is 6.25. The molecule has 9 heteroatoms. The summed E-state index contributed by atoms with van der Waals surface area (Å²) in [4.78, 5) is 20.7. The lowest BCUT2D eigenvalue weighted by Gasteiger charge is -2.08. The fourth-order valence-corrected chi connectivity index (χ4v) is 4.13. The summed E-state index contributed by atoms with van der Waals surface area (Å²) >= 11 is 0. The van der Waals surface area contributed by atoms with Crippen LogP contribution in [0, 0.1) is 0 Å². The molecule has 0 atom stereocenters. The molecule has 0 aliphatic carbocycles. The maximum Gasteiger partial charge on any atom is 0.263 e. The third-order valence-corrected chi connectivity index (χ3v) is 5.63. The molecule has 1 amide bonds. The van der Waals surface area contributed by atoms with Gasteiger partial charge in [0.25, 0.3) is 10.0 Å². The van der Waals surface area contributed by atoms with Gasteiger partial charge in [-0.3, -0.25) is 14.5 Å². The second-order valence-corrected chi connectivity index (χ2v) is 7.90. The van der Waals surface area contributed by atoms with Crippen LogP contribution in [0.15, 0.2) is 52.5 Å². The summed E-state index contributed by atoms with van der Waals surface area (Å²) in [6, 6.07) is 10.2. The molecule has 1 aromatic carbocycles. The maximum atomic E-state index is 12.0. The quantitative estimate of drug-likeness (QED) is 0.659. The smallest absolute Gasteiger partial charge is 0.263 e. The number of carbonyl (C=O) groups is 1. The molecule has 0 radical (unpaired) electrons. The summed E-state index contributed by atoms with van der Waals surface area (Å²) in [5.41, 5.74) is 1.15. The summed E-state index contributed by atoms with van der Waals surface area (Å²) in [7, 11) is -2.00. The molecule has 1 aromatic heterocycles. The molecule has 2 aromatic rings. The Kier molecular flexibility index (Phi) is 6.25. The van der Waals surface area contributed by atoms with Gasteiger partial charge in [0.15, 0.2) is 0 Å². The number of unbranched alkanes of at least 4 members (excludes halogenated alkanes) is 2. The standard InChI is InChI=1S/C19H22N4O4S/c1-27-19-15(9-7-13-21-19)22-17(24)11-3-2-6-12-20-18-14-8-4-5-10-16(14)28(25,26)23-18/h4-5,7-10,13H,2-3,6,11-12H2,1H3,(H,20,23)(H,22,24). The molecule has 8 nitrogen and oxygen atoms in total. The summed E-state index contributed by atoms with van der Waals surface area (Å²) in [6.45, 7) is 0.490. The summed E-state index contributed by atoms with van der Waals surface area (Å²) in [5.74, 6) is 0.665. The molecule has 148 valence electrons. The number of rotatable bonds is 8. The van der Waals surface area contributed by atoms with Gasteiger partial charge in [0.2, 0.25) is 11.8 Å². The van der Waals surface area contributed by atoms with E-state index in [1.807, 2.05) is 0 Å². The molecule has 0 bridgehead atoms. The van der Waals surface area contributed by atoms with Crippen molar-refractivity contribution in [3.63, 3.8) is 0 Å². The predicted octanol–water partition coefficient (Wildman–Crippen LogP) is 2.33. The van der Waals surface area contributed by atoms with Gasteiger partial charge in [-0.1, -0.05) is 18.6 Å². The number of ether oxygens (including phenoxy) is 1. The van der Waals surface area contributed by atoms with Crippen LogP contribution in [0.1, 0.15) is 31.2 Å². The van der Waals surface area contributed by atoms with Crippen LogP contribution in [0.5, 0.6) is 5.88 Å². The van der Waals surface area contributed by atoms with Gasteiger partial charge in [-0.15, -0.1) is 0 Å². The molecule has 0 unspecified atom stereocenters. The number of hydrogen-bond acceptors (Lipinski definition) is 6. The highest BCUT2D eigenvalue weighted by Gasteiger charge is 2.29. The van der Waals surface area contributed by atoms with E-state index in [9.17, 15) is 13.2 Å². The minimum atomic E-state index is -3.50. The average molecular weight is 402 g/mol. The van der Waals surface area contributed by atoms with Gasteiger partial charge in [0.05, 0.1) is 12.0 Å². The molecule has 1 aliphatic heterocycles. The first kappa shape index (κ1) is 19.8. The zero-order chi connectivity index (χ0) is 20.0. The van der Waals surface area contributed by atoms with Gasteiger partial charge in [0.1, 0.15) is 11.5 Å². The van der Waals surface area contributed by atoms with Gasteiger partial charge in [-0.2, -0.15) is 0 Å².